The van der Waals surface area contributed by atoms with Gasteiger partial charge in [-0.1, -0.05) is 31.2 Å². The third kappa shape index (κ3) is 2.87. The van der Waals surface area contributed by atoms with Crippen LogP contribution >= 0.6 is 0 Å². The third-order valence-corrected chi connectivity index (χ3v) is 4.99. The van der Waals surface area contributed by atoms with Crippen LogP contribution in [-0.4, -0.2) is 31.6 Å². The highest BCUT2D eigenvalue weighted by Crippen LogP contribution is 2.45. The fraction of sp³-hybridized carbons (Fsp3) is 0.333. The van der Waals surface area contributed by atoms with E-state index in [2.05, 4.69) is 30.0 Å². The van der Waals surface area contributed by atoms with Gasteiger partial charge in [0.1, 0.15) is 17.9 Å². The van der Waals surface area contributed by atoms with Gasteiger partial charge in [-0.3, -0.25) is 4.90 Å². The van der Waals surface area contributed by atoms with Crippen molar-refractivity contribution in [1.29, 1.82) is 10.5 Å². The highest BCUT2D eigenvalue weighted by atomic mass is 16.5. The zero-order valence-electron chi connectivity index (χ0n) is 15.1. The van der Waals surface area contributed by atoms with Crippen molar-refractivity contribution in [3.63, 3.8) is 0 Å². The second-order valence-electron chi connectivity index (χ2n) is 6.47. The molecular formula is C21H22N4O. The van der Waals surface area contributed by atoms with Gasteiger partial charge in [0.2, 0.25) is 0 Å². The maximum Gasteiger partial charge on any atom is 0.126 e. The number of benzene rings is 1. The van der Waals surface area contributed by atoms with Gasteiger partial charge < -0.3 is 10.5 Å². The Balaban J connectivity index is 2.26. The van der Waals surface area contributed by atoms with Crippen LogP contribution in [0.2, 0.25) is 0 Å². The Morgan fingerprint density at radius 2 is 1.96 bits per heavy atom. The molecule has 5 nitrogen and oxygen atoms in total. The summed E-state index contributed by atoms with van der Waals surface area (Å²) in [5, 5.41) is 19.5. The molecule has 26 heavy (non-hydrogen) atoms. The molecule has 0 saturated heterocycles. The Morgan fingerprint density at radius 1 is 1.23 bits per heavy atom. The minimum atomic E-state index is -0.0665. The molecule has 1 aliphatic heterocycles. The SMILES string of the molecule is CCCN1CC=C2C(C#N)=C(N)C(C#N)=C(c3ccccc3OC)C2C1. The van der Waals surface area contributed by atoms with Gasteiger partial charge in [-0.15, -0.1) is 0 Å². The smallest absolute Gasteiger partial charge is 0.126 e. The second-order valence-corrected chi connectivity index (χ2v) is 6.47. The predicted octanol–water partition coefficient (Wildman–Crippen LogP) is 2.99. The number of fused-ring (bicyclic) bond motifs is 1. The molecule has 2 aliphatic rings. The quantitative estimate of drug-likeness (QED) is 0.906. The molecule has 0 fully saturated rings. The molecule has 1 atom stereocenters. The number of nitriles is 2. The highest BCUT2D eigenvalue weighted by Gasteiger charge is 2.37. The van der Waals surface area contributed by atoms with Crippen LogP contribution in [0.3, 0.4) is 0 Å². The summed E-state index contributed by atoms with van der Waals surface area (Å²) in [6.45, 7) is 4.68. The normalized spacial score (nSPS) is 20.2. The van der Waals surface area contributed by atoms with E-state index in [0.29, 0.717) is 16.9 Å². The van der Waals surface area contributed by atoms with E-state index >= 15 is 0 Å². The molecular weight excluding hydrogens is 324 g/mol. The average Bonchev–Trinajstić information content (AvgIpc) is 2.67. The Kier molecular flexibility index (Phi) is 5.11. The number of rotatable bonds is 4. The monoisotopic (exact) mass is 346 g/mol. The number of hydrogen-bond acceptors (Lipinski definition) is 5. The molecule has 0 amide bonds. The maximum atomic E-state index is 9.82. The molecule has 1 aliphatic carbocycles. The van der Waals surface area contributed by atoms with Gasteiger partial charge in [-0.25, -0.2) is 0 Å². The van der Waals surface area contributed by atoms with Gasteiger partial charge in [0.05, 0.1) is 24.0 Å². The van der Waals surface area contributed by atoms with Gasteiger partial charge in [0, 0.05) is 24.6 Å². The molecule has 1 heterocycles. The Labute approximate surface area is 154 Å². The number of nitrogens with two attached hydrogens (primary N) is 1. The van der Waals surface area contributed by atoms with E-state index in [1.54, 1.807) is 7.11 Å². The van der Waals surface area contributed by atoms with Crippen LogP contribution in [0, 0.1) is 28.6 Å². The van der Waals surface area contributed by atoms with Crippen molar-refractivity contribution in [2.75, 3.05) is 26.7 Å². The van der Waals surface area contributed by atoms with Crippen molar-refractivity contribution in [3.05, 3.63) is 58.3 Å². The summed E-state index contributed by atoms with van der Waals surface area (Å²) in [7, 11) is 1.62. The molecule has 1 aromatic rings. The van der Waals surface area contributed by atoms with Crippen molar-refractivity contribution in [1.82, 2.24) is 4.90 Å². The van der Waals surface area contributed by atoms with Crippen molar-refractivity contribution < 1.29 is 4.74 Å². The minimum Gasteiger partial charge on any atom is -0.496 e. The first-order valence-corrected chi connectivity index (χ1v) is 8.76. The number of para-hydroxylation sites is 1. The molecule has 2 N–H and O–H groups in total. The summed E-state index contributed by atoms with van der Waals surface area (Å²) in [6, 6.07) is 12.1. The van der Waals surface area contributed by atoms with Crippen molar-refractivity contribution in [2.24, 2.45) is 11.7 Å². The summed E-state index contributed by atoms with van der Waals surface area (Å²) in [4.78, 5) is 2.34. The van der Waals surface area contributed by atoms with Crippen LogP contribution in [-0.2, 0) is 0 Å². The van der Waals surface area contributed by atoms with Gasteiger partial charge >= 0.3 is 0 Å². The molecule has 1 unspecified atom stereocenters. The molecule has 1 aromatic carbocycles. The fourth-order valence-electron chi connectivity index (χ4n) is 3.86. The molecule has 132 valence electrons. The van der Waals surface area contributed by atoms with Crippen LogP contribution in [0.1, 0.15) is 18.9 Å². The molecule has 3 rings (SSSR count). The Morgan fingerprint density at radius 3 is 2.62 bits per heavy atom. The van der Waals surface area contributed by atoms with Crippen LogP contribution in [0.25, 0.3) is 5.57 Å². The molecule has 0 aromatic heterocycles. The lowest BCUT2D eigenvalue weighted by molar-refractivity contribution is 0.274. The zero-order valence-corrected chi connectivity index (χ0v) is 15.1. The summed E-state index contributed by atoms with van der Waals surface area (Å²) < 4.78 is 5.54. The summed E-state index contributed by atoms with van der Waals surface area (Å²) in [6.07, 6.45) is 3.14. The van der Waals surface area contributed by atoms with Gasteiger partial charge in [0.25, 0.3) is 0 Å². The van der Waals surface area contributed by atoms with Crippen LogP contribution < -0.4 is 10.5 Å². The minimum absolute atomic E-state index is 0.0665. The summed E-state index contributed by atoms with van der Waals surface area (Å²) in [5.41, 5.74) is 9.97. The first-order chi connectivity index (χ1) is 12.7. The number of hydrogen-bond donors (Lipinski definition) is 1. The van der Waals surface area contributed by atoms with E-state index in [0.717, 1.165) is 42.8 Å². The number of allylic oxidation sites excluding steroid dienone is 2. The molecule has 0 bridgehead atoms. The predicted molar refractivity (Wildman–Crippen MR) is 101 cm³/mol. The van der Waals surface area contributed by atoms with Gasteiger partial charge in [0.15, 0.2) is 0 Å². The third-order valence-electron chi connectivity index (χ3n) is 4.99. The van der Waals surface area contributed by atoms with Gasteiger partial charge in [-0.2, -0.15) is 10.5 Å². The summed E-state index contributed by atoms with van der Waals surface area (Å²) in [5.74, 6) is 0.638. The van der Waals surface area contributed by atoms with Crippen LogP contribution in [0.4, 0.5) is 0 Å². The van der Waals surface area contributed by atoms with Crippen LogP contribution in [0.15, 0.2) is 52.8 Å². The van der Waals surface area contributed by atoms with E-state index in [9.17, 15) is 10.5 Å². The lowest BCUT2D eigenvalue weighted by Crippen LogP contribution is -2.38. The lowest BCUT2D eigenvalue weighted by Gasteiger charge is -2.37. The van der Waals surface area contributed by atoms with Crippen molar-refractivity contribution in [2.45, 2.75) is 13.3 Å². The second kappa shape index (κ2) is 7.47. The van der Waals surface area contributed by atoms with Gasteiger partial charge in [-0.05, 0) is 30.2 Å². The highest BCUT2D eigenvalue weighted by molar-refractivity contribution is 5.87. The van der Waals surface area contributed by atoms with Crippen molar-refractivity contribution in [3.8, 4) is 17.9 Å². The standard InChI is InChI=1S/C21H22N4O/c1-3-9-25-10-8-14-16(11-22)21(24)17(12-23)20(18(14)13-25)15-6-4-5-7-19(15)26-2/h4-8,18H,3,9-10,13,24H2,1-2H3. The Bertz CT molecular complexity index is 895. The fourth-order valence-corrected chi connectivity index (χ4v) is 3.86. The molecule has 0 radical (unpaired) electrons. The lowest BCUT2D eigenvalue weighted by atomic mass is 9.73. The number of nitrogens with zero attached hydrogens (tertiary/aromatic N) is 3. The molecule has 5 heteroatoms. The first kappa shape index (κ1) is 17.8. The molecule has 0 spiro atoms. The van der Waals surface area contributed by atoms with Crippen LogP contribution in [0.5, 0.6) is 5.75 Å². The first-order valence-electron chi connectivity index (χ1n) is 8.76. The topological polar surface area (TPSA) is 86.1 Å². The maximum absolute atomic E-state index is 9.82. The number of ether oxygens (including phenoxy) is 1. The Hall–Kier alpha value is -3.02. The van der Waals surface area contributed by atoms with E-state index < -0.39 is 0 Å². The zero-order chi connectivity index (χ0) is 18.7. The van der Waals surface area contributed by atoms with E-state index in [4.69, 9.17) is 10.5 Å². The number of methoxy groups -OCH3 is 1. The van der Waals surface area contributed by atoms with E-state index in [-0.39, 0.29) is 11.6 Å². The average molecular weight is 346 g/mol. The van der Waals surface area contributed by atoms with E-state index in [1.165, 1.54) is 0 Å². The largest absolute Gasteiger partial charge is 0.496 e. The summed E-state index contributed by atoms with van der Waals surface area (Å²) >= 11 is 0. The van der Waals surface area contributed by atoms with Crippen molar-refractivity contribution >= 4 is 5.57 Å². The van der Waals surface area contributed by atoms with E-state index in [1.807, 2.05) is 24.3 Å². The molecule has 0 saturated carbocycles.